The molecule has 4 rings (SSSR count). The van der Waals surface area contributed by atoms with E-state index in [9.17, 15) is 9.13 Å². The van der Waals surface area contributed by atoms with E-state index in [-0.39, 0.29) is 12.1 Å². The van der Waals surface area contributed by atoms with E-state index in [2.05, 4.69) is 10.2 Å². The molecule has 14 heteroatoms. The maximum Gasteiger partial charge on any atom is 0.344 e. The number of nitrogens with zero attached hydrogens (tertiary/aromatic N) is 2. The van der Waals surface area contributed by atoms with Crippen LogP contribution in [0.3, 0.4) is 0 Å². The number of alkyl halides is 4. The van der Waals surface area contributed by atoms with E-state index in [1.165, 1.54) is 0 Å². The van der Waals surface area contributed by atoms with E-state index in [0.29, 0.717) is 62.9 Å². The van der Waals surface area contributed by atoms with Gasteiger partial charge < -0.3 is 9.05 Å². The summed E-state index contributed by atoms with van der Waals surface area (Å²) < 4.78 is 40.5. The highest BCUT2D eigenvalue weighted by molar-refractivity contribution is 7.54. The first-order valence-electron chi connectivity index (χ1n) is 13.3. The summed E-state index contributed by atoms with van der Waals surface area (Å²) in [6.45, 7) is 2.87. The molecule has 4 atom stereocenters. The Bertz CT molecular complexity index is 995. The number of halogens is 4. The lowest BCUT2D eigenvalue weighted by Crippen LogP contribution is -2.37. The molecule has 0 bridgehead atoms. The molecular weight excluding hydrogens is 636 g/mol. The Morgan fingerprint density at radius 3 is 1.25 bits per heavy atom. The van der Waals surface area contributed by atoms with Crippen LogP contribution in [-0.4, -0.2) is 72.3 Å². The van der Waals surface area contributed by atoms with Crippen molar-refractivity contribution in [1.29, 1.82) is 0 Å². The fourth-order valence-electron chi connectivity index (χ4n) is 4.51. The van der Waals surface area contributed by atoms with E-state index in [1.54, 1.807) is 9.34 Å². The van der Waals surface area contributed by atoms with Crippen molar-refractivity contribution in [2.75, 3.05) is 62.9 Å². The normalized spacial score (nSPS) is 26.9. The van der Waals surface area contributed by atoms with Gasteiger partial charge in [0.25, 0.3) is 0 Å². The second kappa shape index (κ2) is 17.8. The average Bonchev–Trinajstić information content (AvgIpc) is 2.98. The number of rotatable bonds is 12. The van der Waals surface area contributed by atoms with Gasteiger partial charge in [-0.25, -0.2) is 19.5 Å². The smallest absolute Gasteiger partial charge is 0.306 e. The van der Waals surface area contributed by atoms with Crippen LogP contribution in [0.1, 0.15) is 36.1 Å². The molecular formula is C26H38Cl4N4O4P2. The minimum absolute atomic E-state index is 0.0314. The van der Waals surface area contributed by atoms with E-state index in [0.717, 1.165) is 24.0 Å². The number of hydrogen-bond acceptors (Lipinski definition) is 4. The highest BCUT2D eigenvalue weighted by atomic mass is 35.5. The molecule has 2 aromatic rings. The van der Waals surface area contributed by atoms with E-state index >= 15 is 0 Å². The molecule has 2 N–H and O–H groups in total. The van der Waals surface area contributed by atoms with Gasteiger partial charge in [0.05, 0.1) is 13.2 Å². The summed E-state index contributed by atoms with van der Waals surface area (Å²) in [6.07, 6.45) is 1.59. The van der Waals surface area contributed by atoms with Gasteiger partial charge in [-0.2, -0.15) is 0 Å². The Morgan fingerprint density at radius 1 is 0.625 bits per heavy atom. The molecule has 0 unspecified atom stereocenters. The van der Waals surface area contributed by atoms with Crippen LogP contribution >= 0.6 is 61.7 Å². The lowest BCUT2D eigenvalue weighted by Gasteiger charge is -2.37. The maximum atomic E-state index is 13.0. The van der Waals surface area contributed by atoms with Crippen LogP contribution in [-0.2, 0) is 18.2 Å². The van der Waals surface area contributed by atoms with E-state index in [4.69, 9.17) is 55.5 Å². The third-order valence-corrected chi connectivity index (χ3v) is 11.8. The molecule has 2 saturated heterocycles. The number of hydrogen-bond donors (Lipinski definition) is 2. The van der Waals surface area contributed by atoms with Crippen LogP contribution in [0.15, 0.2) is 60.7 Å². The molecule has 2 heterocycles. The Hall–Kier alpha value is -0.180. The van der Waals surface area contributed by atoms with Crippen LogP contribution < -0.4 is 10.2 Å². The lowest BCUT2D eigenvalue weighted by atomic mass is 10.1. The molecule has 224 valence electrons. The van der Waals surface area contributed by atoms with Crippen molar-refractivity contribution >= 4 is 61.7 Å². The second-order valence-electron chi connectivity index (χ2n) is 9.13. The Balaban J connectivity index is 0.000000220. The van der Waals surface area contributed by atoms with Gasteiger partial charge in [-0.15, -0.1) is 46.4 Å². The molecule has 0 amide bonds. The molecule has 2 aromatic carbocycles. The molecule has 0 radical (unpaired) electrons. The van der Waals surface area contributed by atoms with Gasteiger partial charge in [0.1, 0.15) is 0 Å². The lowest BCUT2D eigenvalue weighted by molar-refractivity contribution is 0.210. The van der Waals surface area contributed by atoms with Gasteiger partial charge in [0.2, 0.25) is 0 Å². The summed E-state index contributed by atoms with van der Waals surface area (Å²) in [5.41, 5.74) is 2.24. The van der Waals surface area contributed by atoms with Crippen molar-refractivity contribution in [2.24, 2.45) is 0 Å². The van der Waals surface area contributed by atoms with Crippen molar-refractivity contribution in [1.82, 2.24) is 19.5 Å². The van der Waals surface area contributed by atoms with E-state index in [1.807, 2.05) is 60.7 Å². The Morgan fingerprint density at radius 2 is 0.950 bits per heavy atom. The van der Waals surface area contributed by atoms with Crippen molar-refractivity contribution in [3.05, 3.63) is 71.8 Å². The van der Waals surface area contributed by atoms with Crippen LogP contribution in [0.25, 0.3) is 0 Å². The van der Waals surface area contributed by atoms with Crippen LogP contribution in [0.5, 0.6) is 0 Å². The van der Waals surface area contributed by atoms with Gasteiger partial charge in [-0.1, -0.05) is 60.7 Å². The maximum absolute atomic E-state index is 13.0. The first kappa shape index (κ1) is 34.3. The molecule has 2 fully saturated rings. The van der Waals surface area contributed by atoms with Crippen LogP contribution in [0.4, 0.5) is 0 Å². The van der Waals surface area contributed by atoms with Gasteiger partial charge >= 0.3 is 15.3 Å². The molecule has 0 spiro atoms. The van der Waals surface area contributed by atoms with Gasteiger partial charge in [0, 0.05) is 61.8 Å². The summed E-state index contributed by atoms with van der Waals surface area (Å²) in [5, 5.41) is 6.32. The van der Waals surface area contributed by atoms with Crippen molar-refractivity contribution in [3.8, 4) is 0 Å². The molecule has 0 saturated carbocycles. The standard InChI is InChI=1S/2C13H19Cl2N2O2P/c2*14-7-9-17(10-8-15)20(18)16-13(6-11-19-20)12-4-2-1-3-5-12/h2*1-5,13H,6-11H2,(H,16,18)/t13-,20+;13-,20-/m10/s1. The largest absolute Gasteiger partial charge is 0.344 e. The molecule has 2 aliphatic heterocycles. The van der Waals surface area contributed by atoms with Gasteiger partial charge in [0.15, 0.2) is 0 Å². The fourth-order valence-corrected chi connectivity index (χ4v) is 10.1. The topological polar surface area (TPSA) is 83.1 Å². The number of benzene rings is 2. The second-order valence-corrected chi connectivity index (χ2v) is 14.9. The van der Waals surface area contributed by atoms with Crippen molar-refractivity contribution in [2.45, 2.75) is 24.9 Å². The summed E-state index contributed by atoms with van der Waals surface area (Å²) in [5.74, 6) is 1.56. The minimum atomic E-state index is -3.06. The molecule has 0 aliphatic carbocycles. The SMILES string of the molecule is O=[P@@]1(N(CCCl)CCCl)N[C@@H](c2ccccc2)CCO1.O=[P@@]1(N(CCCl)CCCl)N[C@H](c2ccccc2)CCO1. The summed E-state index contributed by atoms with van der Waals surface area (Å²) in [4.78, 5) is 0. The number of nitrogens with one attached hydrogen (secondary N) is 2. The molecule has 0 aromatic heterocycles. The highest BCUT2D eigenvalue weighted by Crippen LogP contribution is 2.53. The van der Waals surface area contributed by atoms with Crippen LogP contribution in [0, 0.1) is 0 Å². The minimum Gasteiger partial charge on any atom is -0.306 e. The van der Waals surface area contributed by atoms with Gasteiger partial charge in [-0.3, -0.25) is 9.13 Å². The highest BCUT2D eigenvalue weighted by Gasteiger charge is 2.38. The third-order valence-electron chi connectivity index (χ3n) is 6.50. The zero-order valence-electron chi connectivity index (χ0n) is 22.3. The van der Waals surface area contributed by atoms with Crippen LogP contribution in [0.2, 0.25) is 0 Å². The summed E-state index contributed by atoms with van der Waals surface area (Å²) >= 11 is 23.1. The molecule has 40 heavy (non-hydrogen) atoms. The van der Waals surface area contributed by atoms with Gasteiger partial charge in [-0.05, 0) is 24.0 Å². The fraction of sp³-hybridized carbons (Fsp3) is 0.538. The summed E-state index contributed by atoms with van der Waals surface area (Å²) in [6, 6.07) is 20.0. The monoisotopic (exact) mass is 672 g/mol. The Labute approximate surface area is 258 Å². The quantitative estimate of drug-likeness (QED) is 0.180. The van der Waals surface area contributed by atoms with E-state index < -0.39 is 15.3 Å². The first-order chi connectivity index (χ1) is 19.4. The summed E-state index contributed by atoms with van der Waals surface area (Å²) in [7, 11) is -6.13. The third kappa shape index (κ3) is 9.94. The Kier molecular flexibility index (Phi) is 15.3. The first-order valence-corrected chi connectivity index (χ1v) is 18.6. The zero-order valence-corrected chi connectivity index (χ0v) is 27.2. The molecule has 8 nitrogen and oxygen atoms in total. The molecule has 2 aliphatic rings. The van der Waals surface area contributed by atoms with Crippen molar-refractivity contribution < 1.29 is 18.2 Å². The predicted octanol–water partition coefficient (Wildman–Crippen LogP) is 7.25. The predicted molar refractivity (Wildman–Crippen MR) is 167 cm³/mol. The average molecular weight is 674 g/mol. The zero-order chi connectivity index (χ0) is 28.8. The van der Waals surface area contributed by atoms with Crippen molar-refractivity contribution in [3.63, 3.8) is 0 Å².